The Balaban J connectivity index is 1.28. The molecule has 0 unspecified atom stereocenters. The minimum atomic E-state index is 0.957. The van der Waals surface area contributed by atoms with Gasteiger partial charge in [0.2, 0.25) is 0 Å². The fraction of sp³-hybridized carbons (Fsp3) is 0. The molecule has 9 rings (SSSR count). The van der Waals surface area contributed by atoms with Gasteiger partial charge in [-0.15, -0.1) is 0 Å². The number of para-hydroxylation sites is 1. The lowest BCUT2D eigenvalue weighted by atomic mass is 9.91. The summed E-state index contributed by atoms with van der Waals surface area (Å²) in [6, 6.07) is 69.4. The van der Waals surface area contributed by atoms with Crippen LogP contribution in [0.1, 0.15) is 0 Å². The van der Waals surface area contributed by atoms with Gasteiger partial charge in [0.05, 0.1) is 22.8 Å². The second kappa shape index (κ2) is 12.3. The molecule has 49 heavy (non-hydrogen) atoms. The molecular formula is C47H32N2. The van der Waals surface area contributed by atoms with Crippen LogP contribution in [-0.4, -0.2) is 4.98 Å². The predicted molar refractivity (Wildman–Crippen MR) is 205 cm³/mol. The Labute approximate surface area is 287 Å². The number of aromatic nitrogens is 1. The van der Waals surface area contributed by atoms with E-state index < -0.39 is 0 Å². The number of hydrogen-bond donors (Lipinski definition) is 0. The van der Waals surface area contributed by atoms with Crippen molar-refractivity contribution in [3.05, 3.63) is 194 Å². The first-order valence-corrected chi connectivity index (χ1v) is 16.7. The van der Waals surface area contributed by atoms with E-state index in [9.17, 15) is 0 Å². The monoisotopic (exact) mass is 624 g/mol. The predicted octanol–water partition coefficient (Wildman–Crippen LogP) is 12.9. The Morgan fingerprint density at radius 1 is 0.286 bits per heavy atom. The summed E-state index contributed by atoms with van der Waals surface area (Å²) in [4.78, 5) is 7.56. The molecule has 1 aromatic heterocycles. The molecule has 0 bridgehead atoms. The van der Waals surface area contributed by atoms with Crippen molar-refractivity contribution in [3.63, 3.8) is 0 Å². The lowest BCUT2D eigenvalue weighted by molar-refractivity contribution is 1.29. The third-order valence-electron chi connectivity index (χ3n) is 9.40. The number of hydrogen-bond acceptors (Lipinski definition) is 2. The molecule has 230 valence electrons. The van der Waals surface area contributed by atoms with Gasteiger partial charge in [-0.1, -0.05) is 146 Å². The van der Waals surface area contributed by atoms with Crippen molar-refractivity contribution in [3.8, 4) is 67.0 Å². The van der Waals surface area contributed by atoms with Crippen LogP contribution in [0.25, 0.3) is 67.0 Å². The number of pyridine rings is 1. The van der Waals surface area contributed by atoms with Crippen molar-refractivity contribution in [2.75, 3.05) is 4.90 Å². The van der Waals surface area contributed by atoms with E-state index in [1.807, 2.05) is 0 Å². The van der Waals surface area contributed by atoms with E-state index in [1.54, 1.807) is 0 Å². The topological polar surface area (TPSA) is 16.1 Å². The molecule has 0 fully saturated rings. The van der Waals surface area contributed by atoms with Gasteiger partial charge in [-0.3, -0.25) is 0 Å². The fourth-order valence-corrected chi connectivity index (χ4v) is 7.03. The Morgan fingerprint density at radius 2 is 0.694 bits per heavy atom. The molecule has 7 aromatic carbocycles. The molecule has 0 atom stereocenters. The van der Waals surface area contributed by atoms with Crippen molar-refractivity contribution < 1.29 is 0 Å². The van der Waals surface area contributed by atoms with E-state index in [0.717, 1.165) is 50.7 Å². The minimum absolute atomic E-state index is 0.957. The van der Waals surface area contributed by atoms with Crippen molar-refractivity contribution in [1.82, 2.24) is 4.98 Å². The third-order valence-corrected chi connectivity index (χ3v) is 9.40. The van der Waals surface area contributed by atoms with Crippen molar-refractivity contribution >= 4 is 17.1 Å². The molecule has 1 aliphatic heterocycles. The molecule has 8 aromatic rings. The molecule has 0 saturated carbocycles. The molecule has 0 spiro atoms. The molecule has 2 heteroatoms. The third kappa shape index (κ3) is 5.30. The second-order valence-corrected chi connectivity index (χ2v) is 12.4. The van der Waals surface area contributed by atoms with Crippen LogP contribution in [0, 0.1) is 0 Å². The van der Waals surface area contributed by atoms with Gasteiger partial charge in [0.25, 0.3) is 0 Å². The van der Waals surface area contributed by atoms with Crippen LogP contribution in [0.5, 0.6) is 0 Å². The summed E-state index contributed by atoms with van der Waals surface area (Å²) < 4.78 is 0. The van der Waals surface area contributed by atoms with Gasteiger partial charge in [-0.05, 0) is 81.9 Å². The quantitative estimate of drug-likeness (QED) is 0.189. The van der Waals surface area contributed by atoms with Crippen LogP contribution in [0.4, 0.5) is 17.1 Å². The zero-order chi connectivity index (χ0) is 32.6. The molecule has 2 heterocycles. The first-order chi connectivity index (χ1) is 24.3. The minimum Gasteiger partial charge on any atom is -0.309 e. The van der Waals surface area contributed by atoms with Gasteiger partial charge >= 0.3 is 0 Å². The van der Waals surface area contributed by atoms with E-state index in [4.69, 9.17) is 4.98 Å². The zero-order valence-corrected chi connectivity index (χ0v) is 26.9. The Hall–Kier alpha value is -6.51. The summed E-state index contributed by atoms with van der Waals surface area (Å²) >= 11 is 0. The smallest absolute Gasteiger partial charge is 0.0715 e. The average molecular weight is 625 g/mol. The highest BCUT2D eigenvalue weighted by Crippen LogP contribution is 2.52. The standard InChI is InChI=1S/C47H32N2/c1-5-15-33(16-6-1)36-25-27-46-42(29-36)40-23-13-14-24-41(40)43-30-37(26-28-47(43)49(46)39-21-11-4-12-22-39)38-31-44(34-17-7-2-8-18-34)48-45(32-38)35-19-9-3-10-20-35/h1-32H. The molecule has 0 saturated heterocycles. The highest BCUT2D eigenvalue weighted by molar-refractivity contribution is 6.04. The van der Waals surface area contributed by atoms with E-state index in [0.29, 0.717) is 0 Å². The van der Waals surface area contributed by atoms with E-state index in [2.05, 4.69) is 199 Å². The van der Waals surface area contributed by atoms with Gasteiger partial charge in [0.1, 0.15) is 0 Å². The molecular weight excluding hydrogens is 593 g/mol. The average Bonchev–Trinajstić information content (AvgIpc) is 3.31. The molecule has 0 amide bonds. The maximum Gasteiger partial charge on any atom is 0.0715 e. The summed E-state index contributed by atoms with van der Waals surface area (Å²) in [6.45, 7) is 0. The number of nitrogens with zero attached hydrogens (tertiary/aromatic N) is 2. The number of fused-ring (bicyclic) bond motifs is 5. The SMILES string of the molecule is c1ccc(-c2ccc3c(c2)-c2ccccc2-c2cc(-c4cc(-c5ccccc5)nc(-c5ccccc5)c4)ccc2N3c2ccccc2)cc1. The summed E-state index contributed by atoms with van der Waals surface area (Å²) in [7, 11) is 0. The van der Waals surface area contributed by atoms with Crippen LogP contribution in [-0.2, 0) is 0 Å². The Morgan fingerprint density at radius 3 is 1.18 bits per heavy atom. The van der Waals surface area contributed by atoms with E-state index in [-0.39, 0.29) is 0 Å². The van der Waals surface area contributed by atoms with Gasteiger partial charge in [-0.25, -0.2) is 4.98 Å². The van der Waals surface area contributed by atoms with E-state index >= 15 is 0 Å². The van der Waals surface area contributed by atoms with Crippen LogP contribution >= 0.6 is 0 Å². The maximum atomic E-state index is 5.14. The summed E-state index contributed by atoms with van der Waals surface area (Å²) in [5, 5.41) is 0. The fourth-order valence-electron chi connectivity index (χ4n) is 7.03. The number of anilines is 3. The van der Waals surface area contributed by atoms with Crippen LogP contribution < -0.4 is 4.90 Å². The first-order valence-electron chi connectivity index (χ1n) is 16.7. The van der Waals surface area contributed by atoms with Crippen LogP contribution in [0.2, 0.25) is 0 Å². The summed E-state index contributed by atoms with van der Waals surface area (Å²) in [6.07, 6.45) is 0. The van der Waals surface area contributed by atoms with Crippen molar-refractivity contribution in [1.29, 1.82) is 0 Å². The highest BCUT2D eigenvalue weighted by atomic mass is 15.1. The number of benzene rings is 7. The highest BCUT2D eigenvalue weighted by Gasteiger charge is 2.27. The summed E-state index contributed by atoms with van der Waals surface area (Å²) in [5.74, 6) is 0. The molecule has 0 aliphatic carbocycles. The number of rotatable bonds is 5. The van der Waals surface area contributed by atoms with Gasteiger partial charge in [0.15, 0.2) is 0 Å². The maximum absolute atomic E-state index is 5.14. The Kier molecular flexibility index (Phi) is 7.18. The largest absolute Gasteiger partial charge is 0.309 e. The normalized spacial score (nSPS) is 11.6. The van der Waals surface area contributed by atoms with Crippen molar-refractivity contribution in [2.24, 2.45) is 0 Å². The van der Waals surface area contributed by atoms with Crippen molar-refractivity contribution in [2.45, 2.75) is 0 Å². The molecule has 0 N–H and O–H groups in total. The summed E-state index contributed by atoms with van der Waals surface area (Å²) in [5.41, 5.74) is 17.1. The zero-order valence-electron chi connectivity index (χ0n) is 26.9. The first kappa shape index (κ1) is 28.7. The lowest BCUT2D eigenvalue weighted by Gasteiger charge is -2.28. The lowest BCUT2D eigenvalue weighted by Crippen LogP contribution is -2.11. The van der Waals surface area contributed by atoms with Gasteiger partial charge < -0.3 is 4.90 Å². The van der Waals surface area contributed by atoms with E-state index in [1.165, 1.54) is 33.4 Å². The Bertz CT molecular complexity index is 2360. The second-order valence-electron chi connectivity index (χ2n) is 12.4. The molecule has 1 aliphatic rings. The van der Waals surface area contributed by atoms with Gasteiger partial charge in [0, 0.05) is 27.9 Å². The van der Waals surface area contributed by atoms with Crippen LogP contribution in [0.3, 0.4) is 0 Å². The molecule has 0 radical (unpaired) electrons. The van der Waals surface area contributed by atoms with Crippen LogP contribution in [0.15, 0.2) is 194 Å². The molecule has 2 nitrogen and oxygen atoms in total. The van der Waals surface area contributed by atoms with Gasteiger partial charge in [-0.2, -0.15) is 0 Å².